The normalized spacial score (nSPS) is 18.6. The number of nitrogens with one attached hydrogen (secondary N) is 1. The zero-order chi connectivity index (χ0) is 19.7. The van der Waals surface area contributed by atoms with Crippen molar-refractivity contribution in [1.82, 2.24) is 10.2 Å². The zero-order valence-electron chi connectivity index (χ0n) is 15.3. The van der Waals surface area contributed by atoms with Crippen LogP contribution in [-0.4, -0.2) is 23.8 Å². The van der Waals surface area contributed by atoms with Crippen LogP contribution < -0.4 is 5.32 Å². The molecule has 6 heteroatoms. The molecule has 1 N–H and O–H groups in total. The molecular weight excluding hydrogens is 392 g/mol. The summed E-state index contributed by atoms with van der Waals surface area (Å²) in [6.07, 6.45) is 0. The summed E-state index contributed by atoms with van der Waals surface area (Å²) < 4.78 is 0. The Morgan fingerprint density at radius 3 is 2.57 bits per heavy atom. The van der Waals surface area contributed by atoms with Crippen LogP contribution in [0.25, 0.3) is 0 Å². The quantitative estimate of drug-likeness (QED) is 0.681. The van der Waals surface area contributed by atoms with Crippen molar-refractivity contribution < 1.29 is 9.59 Å². The van der Waals surface area contributed by atoms with Gasteiger partial charge in [0.15, 0.2) is 0 Å². The molecule has 0 spiro atoms. The van der Waals surface area contributed by atoms with Crippen LogP contribution in [-0.2, 0) is 11.3 Å². The maximum atomic E-state index is 13.3. The minimum absolute atomic E-state index is 0.0595. The fourth-order valence-electron chi connectivity index (χ4n) is 3.67. The molecule has 0 radical (unpaired) electrons. The van der Waals surface area contributed by atoms with E-state index in [4.69, 9.17) is 11.6 Å². The van der Waals surface area contributed by atoms with Gasteiger partial charge in [0, 0.05) is 29.1 Å². The molecule has 1 aliphatic rings. The van der Waals surface area contributed by atoms with Crippen LogP contribution in [0.2, 0.25) is 5.02 Å². The van der Waals surface area contributed by atoms with Crippen LogP contribution in [0.3, 0.4) is 0 Å². The SMILES string of the molecule is CN1C(=O)c2ccccc2[C@H](C(=O)NCc2ccc(Cl)cc2)[C@@H]1c1cccs1. The predicted molar refractivity (Wildman–Crippen MR) is 112 cm³/mol. The van der Waals surface area contributed by atoms with Gasteiger partial charge in [0.2, 0.25) is 5.91 Å². The molecule has 0 unspecified atom stereocenters. The molecule has 1 aliphatic heterocycles. The van der Waals surface area contributed by atoms with Gasteiger partial charge >= 0.3 is 0 Å². The third-order valence-corrected chi connectivity index (χ3v) is 6.27. The number of nitrogens with zero attached hydrogens (tertiary/aromatic N) is 1. The Balaban J connectivity index is 1.68. The van der Waals surface area contributed by atoms with Crippen LogP contribution in [0.4, 0.5) is 0 Å². The molecule has 0 saturated carbocycles. The summed E-state index contributed by atoms with van der Waals surface area (Å²) in [6, 6.07) is 18.4. The molecule has 2 atom stereocenters. The molecule has 0 saturated heterocycles. The number of benzene rings is 2. The fourth-order valence-corrected chi connectivity index (χ4v) is 4.70. The Morgan fingerprint density at radius 1 is 1.11 bits per heavy atom. The second-order valence-corrected chi connectivity index (χ2v) is 8.20. The van der Waals surface area contributed by atoms with Gasteiger partial charge in [-0.3, -0.25) is 9.59 Å². The highest BCUT2D eigenvalue weighted by Crippen LogP contribution is 2.43. The van der Waals surface area contributed by atoms with E-state index in [9.17, 15) is 9.59 Å². The van der Waals surface area contributed by atoms with Crippen molar-refractivity contribution in [2.45, 2.75) is 18.5 Å². The maximum Gasteiger partial charge on any atom is 0.254 e. The van der Waals surface area contributed by atoms with E-state index in [-0.39, 0.29) is 17.9 Å². The summed E-state index contributed by atoms with van der Waals surface area (Å²) in [5.74, 6) is -0.624. The number of rotatable bonds is 4. The molecule has 2 amide bonds. The first-order chi connectivity index (χ1) is 13.6. The molecule has 3 aromatic rings. The molecule has 1 aromatic heterocycles. The second-order valence-electron chi connectivity index (χ2n) is 6.79. The molecule has 4 nitrogen and oxygen atoms in total. The molecular formula is C22H19ClN2O2S. The molecule has 4 rings (SSSR count). The first-order valence-electron chi connectivity index (χ1n) is 8.98. The van der Waals surface area contributed by atoms with Gasteiger partial charge in [-0.25, -0.2) is 0 Å². The van der Waals surface area contributed by atoms with Crippen LogP contribution >= 0.6 is 22.9 Å². The first kappa shape index (κ1) is 18.7. The third kappa shape index (κ3) is 3.43. The maximum absolute atomic E-state index is 13.3. The summed E-state index contributed by atoms with van der Waals surface area (Å²) in [5.41, 5.74) is 2.33. The highest BCUT2D eigenvalue weighted by Gasteiger charge is 2.42. The summed E-state index contributed by atoms with van der Waals surface area (Å²) in [4.78, 5) is 28.9. The van der Waals surface area contributed by atoms with Crippen molar-refractivity contribution in [3.8, 4) is 0 Å². The predicted octanol–water partition coefficient (Wildman–Crippen LogP) is 4.63. The van der Waals surface area contributed by atoms with Crippen molar-refractivity contribution in [3.05, 3.63) is 92.6 Å². The smallest absolute Gasteiger partial charge is 0.254 e. The van der Waals surface area contributed by atoms with Crippen molar-refractivity contribution in [2.24, 2.45) is 0 Å². The number of hydrogen-bond donors (Lipinski definition) is 1. The Labute approximate surface area is 172 Å². The highest BCUT2D eigenvalue weighted by molar-refractivity contribution is 7.10. The van der Waals surface area contributed by atoms with Crippen LogP contribution in [0.5, 0.6) is 0 Å². The molecule has 142 valence electrons. The number of fused-ring (bicyclic) bond motifs is 1. The average molecular weight is 411 g/mol. The minimum Gasteiger partial charge on any atom is -0.351 e. The van der Waals surface area contributed by atoms with Gasteiger partial charge < -0.3 is 10.2 Å². The van der Waals surface area contributed by atoms with Gasteiger partial charge in [0.25, 0.3) is 5.91 Å². The molecule has 28 heavy (non-hydrogen) atoms. The number of thiophene rings is 1. The lowest BCUT2D eigenvalue weighted by Crippen LogP contribution is -2.45. The molecule has 0 aliphatic carbocycles. The first-order valence-corrected chi connectivity index (χ1v) is 10.2. The van der Waals surface area contributed by atoms with Crippen molar-refractivity contribution in [3.63, 3.8) is 0 Å². The third-order valence-electron chi connectivity index (χ3n) is 5.08. The van der Waals surface area contributed by atoms with E-state index in [1.54, 1.807) is 41.5 Å². The van der Waals surface area contributed by atoms with Crippen LogP contribution in [0.1, 0.15) is 38.3 Å². The summed E-state index contributed by atoms with van der Waals surface area (Å²) >= 11 is 7.49. The number of carbonyl (C=O) groups is 2. The Kier molecular flexibility index (Phi) is 5.20. The Hall–Kier alpha value is -2.63. The zero-order valence-corrected chi connectivity index (χ0v) is 16.8. The monoisotopic (exact) mass is 410 g/mol. The van der Waals surface area contributed by atoms with Crippen molar-refractivity contribution >= 4 is 34.8 Å². The lowest BCUT2D eigenvalue weighted by Gasteiger charge is -2.39. The fraction of sp³-hybridized carbons (Fsp3) is 0.182. The molecule has 2 heterocycles. The summed E-state index contributed by atoms with van der Waals surface area (Å²) in [5, 5.41) is 5.67. The van der Waals surface area contributed by atoms with E-state index in [0.29, 0.717) is 17.1 Å². The van der Waals surface area contributed by atoms with Gasteiger partial charge in [-0.2, -0.15) is 0 Å². The van der Waals surface area contributed by atoms with E-state index in [2.05, 4.69) is 5.32 Å². The van der Waals surface area contributed by atoms with E-state index in [0.717, 1.165) is 16.0 Å². The lowest BCUT2D eigenvalue weighted by atomic mass is 9.81. The molecule has 0 bridgehead atoms. The minimum atomic E-state index is -0.468. The van der Waals surface area contributed by atoms with E-state index < -0.39 is 5.92 Å². The Morgan fingerprint density at radius 2 is 1.86 bits per heavy atom. The van der Waals surface area contributed by atoms with Gasteiger partial charge in [0.1, 0.15) is 0 Å². The van der Waals surface area contributed by atoms with E-state index in [1.165, 1.54) is 0 Å². The number of amides is 2. The number of likely N-dealkylation sites (N-methyl/N-ethyl adjacent to an activating group) is 1. The van der Waals surface area contributed by atoms with Crippen molar-refractivity contribution in [1.29, 1.82) is 0 Å². The van der Waals surface area contributed by atoms with E-state index >= 15 is 0 Å². The van der Waals surface area contributed by atoms with Gasteiger partial charge in [-0.15, -0.1) is 11.3 Å². The van der Waals surface area contributed by atoms with Gasteiger partial charge in [-0.1, -0.05) is 48.0 Å². The average Bonchev–Trinajstić information content (AvgIpc) is 3.24. The Bertz CT molecular complexity index is 1000. The standard InChI is InChI=1S/C22H19ClN2O2S/c1-25-20(18-7-4-12-28-18)19(16-5-2-3-6-17(16)22(25)27)21(26)24-13-14-8-10-15(23)11-9-14/h2-12,19-20H,13H2,1H3,(H,24,26)/t19-,20-/m0/s1. The van der Waals surface area contributed by atoms with Crippen LogP contribution in [0, 0.1) is 0 Å². The summed E-state index contributed by atoms with van der Waals surface area (Å²) in [7, 11) is 1.77. The largest absolute Gasteiger partial charge is 0.351 e. The van der Waals surface area contributed by atoms with Crippen LogP contribution in [0.15, 0.2) is 66.0 Å². The number of carbonyl (C=O) groups excluding carboxylic acids is 2. The molecule has 0 fully saturated rings. The second kappa shape index (κ2) is 7.78. The van der Waals surface area contributed by atoms with Crippen molar-refractivity contribution in [2.75, 3.05) is 7.05 Å². The topological polar surface area (TPSA) is 49.4 Å². The highest BCUT2D eigenvalue weighted by atomic mass is 35.5. The number of hydrogen-bond acceptors (Lipinski definition) is 3. The molecule has 2 aromatic carbocycles. The van der Waals surface area contributed by atoms with Gasteiger partial charge in [-0.05, 0) is 40.8 Å². The number of halogens is 1. The lowest BCUT2D eigenvalue weighted by molar-refractivity contribution is -0.124. The van der Waals surface area contributed by atoms with E-state index in [1.807, 2.05) is 47.8 Å². The van der Waals surface area contributed by atoms with Gasteiger partial charge in [0.05, 0.1) is 12.0 Å². The summed E-state index contributed by atoms with van der Waals surface area (Å²) in [6.45, 7) is 0.406.